The normalized spacial score (nSPS) is 24.2. The number of nitrogens with zero attached hydrogens (tertiary/aromatic N) is 3. The molecule has 0 radical (unpaired) electrons. The molecule has 1 aromatic rings. The third-order valence-electron chi connectivity index (χ3n) is 6.23. The van der Waals surface area contributed by atoms with Gasteiger partial charge in [-0.15, -0.1) is 24.8 Å². The number of carbonyl (C=O) groups is 2. The number of amides is 2. The fourth-order valence-corrected chi connectivity index (χ4v) is 4.53. The molecule has 2 unspecified atom stereocenters. The van der Waals surface area contributed by atoms with E-state index in [1.807, 2.05) is 12.2 Å². The Kier molecular flexibility index (Phi) is 8.56. The van der Waals surface area contributed by atoms with E-state index in [4.69, 9.17) is 0 Å². The molecule has 7 heteroatoms. The molecule has 1 aromatic carbocycles. The molecule has 0 spiro atoms. The van der Waals surface area contributed by atoms with E-state index in [9.17, 15) is 9.59 Å². The minimum absolute atomic E-state index is 0. The minimum atomic E-state index is -0.0967. The Balaban J connectivity index is 0.00000150. The molecule has 2 heterocycles. The van der Waals surface area contributed by atoms with Gasteiger partial charge >= 0.3 is 0 Å². The summed E-state index contributed by atoms with van der Waals surface area (Å²) in [5.41, 5.74) is 2.59. The lowest BCUT2D eigenvalue weighted by molar-refractivity contribution is -0.140. The van der Waals surface area contributed by atoms with Crippen molar-refractivity contribution in [3.63, 3.8) is 0 Å². The Bertz CT molecular complexity index is 704. The van der Waals surface area contributed by atoms with Gasteiger partial charge in [0.05, 0.1) is 11.8 Å². The van der Waals surface area contributed by atoms with E-state index in [0.29, 0.717) is 6.54 Å². The van der Waals surface area contributed by atoms with Crippen LogP contribution in [0.2, 0.25) is 0 Å². The summed E-state index contributed by atoms with van der Waals surface area (Å²) < 4.78 is 0. The molecule has 5 nitrogen and oxygen atoms in total. The van der Waals surface area contributed by atoms with Gasteiger partial charge in [0.15, 0.2) is 0 Å². The first-order valence-corrected chi connectivity index (χ1v) is 10.2. The Morgan fingerprint density at radius 3 is 1.93 bits per heavy atom. The molecule has 2 saturated heterocycles. The van der Waals surface area contributed by atoms with Gasteiger partial charge in [0.1, 0.15) is 0 Å². The van der Waals surface area contributed by atoms with Gasteiger partial charge in [-0.3, -0.25) is 19.4 Å². The maximum atomic E-state index is 12.5. The van der Waals surface area contributed by atoms with Crippen molar-refractivity contribution < 1.29 is 9.59 Å². The highest BCUT2D eigenvalue weighted by Gasteiger charge is 2.46. The van der Waals surface area contributed by atoms with E-state index in [2.05, 4.69) is 41.0 Å². The maximum absolute atomic E-state index is 12.5. The summed E-state index contributed by atoms with van der Waals surface area (Å²) in [7, 11) is 0. The summed E-state index contributed by atoms with van der Waals surface area (Å²) in [6.07, 6.45) is 6.42. The smallest absolute Gasteiger partial charge is 0.233 e. The highest BCUT2D eigenvalue weighted by molar-refractivity contribution is 6.05. The largest absolute Gasteiger partial charge is 0.369 e. The molecule has 29 heavy (non-hydrogen) atoms. The van der Waals surface area contributed by atoms with Crippen molar-refractivity contribution in [1.29, 1.82) is 0 Å². The number of likely N-dealkylation sites (tertiary alicyclic amines) is 1. The van der Waals surface area contributed by atoms with Gasteiger partial charge in [0.2, 0.25) is 11.8 Å². The molecule has 4 rings (SSSR count). The molecule has 2 fully saturated rings. The SMILES string of the molecule is Cc1ccc(N2CCN(CCCN3C(=O)C4CC=CCC4C3=O)CC2)cc1.Cl.Cl. The molecule has 2 atom stereocenters. The predicted molar refractivity (Wildman–Crippen MR) is 121 cm³/mol. The van der Waals surface area contributed by atoms with Crippen LogP contribution in [0.25, 0.3) is 0 Å². The van der Waals surface area contributed by atoms with Gasteiger partial charge in [-0.25, -0.2) is 0 Å². The van der Waals surface area contributed by atoms with Crippen LogP contribution >= 0.6 is 24.8 Å². The number of piperazine rings is 1. The van der Waals surface area contributed by atoms with E-state index in [1.165, 1.54) is 16.2 Å². The second-order valence-corrected chi connectivity index (χ2v) is 8.00. The number of carbonyl (C=O) groups excluding carboxylic acids is 2. The fraction of sp³-hybridized carbons (Fsp3) is 0.545. The zero-order valence-corrected chi connectivity index (χ0v) is 18.6. The standard InChI is InChI=1S/C22H29N3O2.2ClH/c1-17-7-9-18(10-8-17)24-15-13-23(14-16-24)11-4-12-25-21(26)19-5-2-3-6-20(19)22(25)27;;/h2-3,7-10,19-20H,4-6,11-16H2,1H3;2*1H. The number of hydrogen-bond acceptors (Lipinski definition) is 4. The molecule has 0 saturated carbocycles. The molecular formula is C22H31Cl2N3O2. The average Bonchev–Trinajstić information content (AvgIpc) is 2.94. The summed E-state index contributed by atoms with van der Waals surface area (Å²) in [6, 6.07) is 8.73. The van der Waals surface area contributed by atoms with Crippen molar-refractivity contribution in [1.82, 2.24) is 9.80 Å². The monoisotopic (exact) mass is 439 g/mol. The minimum Gasteiger partial charge on any atom is -0.369 e. The van der Waals surface area contributed by atoms with E-state index < -0.39 is 0 Å². The molecular weight excluding hydrogens is 409 g/mol. The van der Waals surface area contributed by atoms with E-state index in [0.717, 1.165) is 52.0 Å². The molecule has 2 aliphatic heterocycles. The number of halogens is 2. The summed E-state index contributed by atoms with van der Waals surface area (Å²) in [6.45, 7) is 7.76. The second-order valence-electron chi connectivity index (χ2n) is 8.00. The number of hydrogen-bond donors (Lipinski definition) is 0. The first-order valence-electron chi connectivity index (χ1n) is 10.2. The summed E-state index contributed by atoms with van der Waals surface area (Å²) in [5, 5.41) is 0. The first-order chi connectivity index (χ1) is 13.1. The van der Waals surface area contributed by atoms with Gasteiger partial charge in [-0.1, -0.05) is 29.8 Å². The van der Waals surface area contributed by atoms with Crippen LogP contribution in [-0.4, -0.2) is 60.9 Å². The number of aryl methyl sites for hydroxylation is 1. The van der Waals surface area contributed by atoms with E-state index in [-0.39, 0.29) is 48.5 Å². The third-order valence-corrected chi connectivity index (χ3v) is 6.23. The van der Waals surface area contributed by atoms with Crippen molar-refractivity contribution in [2.45, 2.75) is 26.2 Å². The van der Waals surface area contributed by atoms with E-state index in [1.54, 1.807) is 0 Å². The van der Waals surface area contributed by atoms with Crippen LogP contribution in [0.3, 0.4) is 0 Å². The lowest BCUT2D eigenvalue weighted by atomic mass is 9.85. The Morgan fingerprint density at radius 2 is 1.38 bits per heavy atom. The number of rotatable bonds is 5. The van der Waals surface area contributed by atoms with Crippen molar-refractivity contribution in [3.05, 3.63) is 42.0 Å². The van der Waals surface area contributed by atoms with Gasteiger partial charge < -0.3 is 4.90 Å². The maximum Gasteiger partial charge on any atom is 0.233 e. The van der Waals surface area contributed by atoms with Crippen LogP contribution in [0.15, 0.2) is 36.4 Å². The first kappa shape index (κ1) is 23.7. The number of benzene rings is 1. The Morgan fingerprint density at radius 1 is 0.828 bits per heavy atom. The van der Waals surface area contributed by atoms with Gasteiger partial charge in [0.25, 0.3) is 0 Å². The molecule has 3 aliphatic rings. The van der Waals surface area contributed by atoms with Crippen LogP contribution in [0, 0.1) is 18.8 Å². The molecule has 0 bridgehead atoms. The number of imide groups is 1. The van der Waals surface area contributed by atoms with Crippen LogP contribution in [0.5, 0.6) is 0 Å². The van der Waals surface area contributed by atoms with Gasteiger partial charge in [-0.05, 0) is 44.9 Å². The fourth-order valence-electron chi connectivity index (χ4n) is 4.53. The summed E-state index contributed by atoms with van der Waals surface area (Å²) >= 11 is 0. The number of allylic oxidation sites excluding steroid dienone is 2. The number of fused-ring (bicyclic) bond motifs is 1. The Hall–Kier alpha value is -1.56. The molecule has 0 aromatic heterocycles. The lowest BCUT2D eigenvalue weighted by Crippen LogP contribution is -2.47. The average molecular weight is 440 g/mol. The highest BCUT2D eigenvalue weighted by atomic mass is 35.5. The Labute approximate surface area is 185 Å². The summed E-state index contributed by atoms with van der Waals surface area (Å²) in [4.78, 5) is 31.4. The molecule has 0 N–H and O–H groups in total. The van der Waals surface area contributed by atoms with Crippen molar-refractivity contribution >= 4 is 42.3 Å². The highest BCUT2D eigenvalue weighted by Crippen LogP contribution is 2.35. The van der Waals surface area contributed by atoms with Crippen molar-refractivity contribution in [2.75, 3.05) is 44.2 Å². The quantitative estimate of drug-likeness (QED) is 0.521. The molecule has 1 aliphatic carbocycles. The van der Waals surface area contributed by atoms with Crippen LogP contribution in [0.1, 0.15) is 24.8 Å². The molecule has 2 amide bonds. The van der Waals surface area contributed by atoms with Crippen LogP contribution in [-0.2, 0) is 9.59 Å². The van der Waals surface area contributed by atoms with Crippen LogP contribution < -0.4 is 4.90 Å². The van der Waals surface area contributed by atoms with Crippen molar-refractivity contribution in [3.8, 4) is 0 Å². The van der Waals surface area contributed by atoms with Gasteiger partial charge in [0, 0.05) is 38.4 Å². The zero-order valence-electron chi connectivity index (χ0n) is 17.0. The lowest BCUT2D eigenvalue weighted by Gasteiger charge is -2.36. The zero-order chi connectivity index (χ0) is 18.8. The van der Waals surface area contributed by atoms with Crippen molar-refractivity contribution in [2.24, 2.45) is 11.8 Å². The van der Waals surface area contributed by atoms with Crippen LogP contribution in [0.4, 0.5) is 5.69 Å². The predicted octanol–water partition coefficient (Wildman–Crippen LogP) is 3.30. The number of anilines is 1. The summed E-state index contributed by atoms with van der Waals surface area (Å²) in [5.74, 6) is -0.0850. The van der Waals surface area contributed by atoms with E-state index >= 15 is 0 Å². The third kappa shape index (κ3) is 5.14. The van der Waals surface area contributed by atoms with Gasteiger partial charge in [-0.2, -0.15) is 0 Å². The molecule has 160 valence electrons. The topological polar surface area (TPSA) is 43.9 Å². The second kappa shape index (κ2) is 10.5.